The number of benzene rings is 2. The lowest BCUT2D eigenvalue weighted by Gasteiger charge is -2.27. The molecule has 0 aliphatic heterocycles. The number of aryl methyl sites for hydroxylation is 1. The fourth-order valence-electron chi connectivity index (χ4n) is 3.71. The molecular weight excluding hydrogens is 391 g/mol. The van der Waals surface area contributed by atoms with Crippen molar-refractivity contribution in [3.05, 3.63) is 53.1 Å². The molecule has 0 atom stereocenters. The third kappa shape index (κ3) is 4.45. The van der Waals surface area contributed by atoms with Gasteiger partial charge in [0, 0.05) is 35.9 Å². The summed E-state index contributed by atoms with van der Waals surface area (Å²) < 4.78 is 41.4. The Hall–Kier alpha value is -2.96. The number of anilines is 1. The van der Waals surface area contributed by atoms with Crippen LogP contribution in [0.15, 0.2) is 41.4 Å². The predicted molar refractivity (Wildman–Crippen MR) is 116 cm³/mol. The third-order valence-electron chi connectivity index (χ3n) is 5.01. The van der Waals surface area contributed by atoms with Crippen LogP contribution in [0.25, 0.3) is 10.9 Å². The number of alkyl halides is 3. The zero-order valence-electron chi connectivity index (χ0n) is 17.3. The van der Waals surface area contributed by atoms with Gasteiger partial charge in [0.1, 0.15) is 0 Å². The topological polar surface area (TPSA) is 51.6 Å². The maximum absolute atomic E-state index is 13.8. The highest BCUT2D eigenvalue weighted by atomic mass is 19.4. The van der Waals surface area contributed by atoms with Crippen molar-refractivity contribution in [2.75, 3.05) is 18.0 Å². The fourth-order valence-corrected chi connectivity index (χ4v) is 3.71. The van der Waals surface area contributed by atoms with Gasteiger partial charge in [0.05, 0.1) is 16.8 Å². The van der Waals surface area contributed by atoms with E-state index in [4.69, 9.17) is 0 Å². The Morgan fingerprint density at radius 2 is 1.80 bits per heavy atom. The van der Waals surface area contributed by atoms with E-state index in [2.05, 4.69) is 9.98 Å². The van der Waals surface area contributed by atoms with Crippen LogP contribution < -0.4 is 4.90 Å². The second-order valence-electron chi connectivity index (χ2n) is 7.33. The van der Waals surface area contributed by atoms with E-state index in [-0.39, 0.29) is 17.3 Å². The first-order chi connectivity index (χ1) is 14.3. The summed E-state index contributed by atoms with van der Waals surface area (Å²) >= 11 is 0. The van der Waals surface area contributed by atoms with Crippen LogP contribution in [-0.4, -0.2) is 29.4 Å². The average Bonchev–Trinajstić information content (AvgIpc) is 3.02. The van der Waals surface area contributed by atoms with Crippen molar-refractivity contribution in [1.82, 2.24) is 4.98 Å². The molecule has 2 N–H and O–H groups in total. The summed E-state index contributed by atoms with van der Waals surface area (Å²) in [5.41, 5.74) is 1.80. The summed E-state index contributed by atoms with van der Waals surface area (Å²) in [6.07, 6.45) is -1.56. The van der Waals surface area contributed by atoms with Crippen LogP contribution in [0.4, 0.5) is 24.5 Å². The number of nitrogens with one attached hydrogen (secondary N) is 1. The summed E-state index contributed by atoms with van der Waals surface area (Å²) in [6.45, 7) is 6.91. The third-order valence-corrected chi connectivity index (χ3v) is 5.01. The van der Waals surface area contributed by atoms with E-state index in [1.165, 1.54) is 12.3 Å². The minimum atomic E-state index is -4.49. The minimum Gasteiger partial charge on any atom is -0.494 e. The summed E-state index contributed by atoms with van der Waals surface area (Å²) in [5, 5.41) is 11.0. The summed E-state index contributed by atoms with van der Waals surface area (Å²) in [5.74, 6) is -0.0622. The molecule has 1 heterocycles. The van der Waals surface area contributed by atoms with E-state index >= 15 is 0 Å². The second kappa shape index (κ2) is 8.81. The van der Waals surface area contributed by atoms with Gasteiger partial charge in [0.15, 0.2) is 5.88 Å². The maximum atomic E-state index is 13.8. The van der Waals surface area contributed by atoms with Gasteiger partial charge in [0.2, 0.25) is 0 Å². The van der Waals surface area contributed by atoms with Gasteiger partial charge in [-0.05, 0) is 49.6 Å². The van der Waals surface area contributed by atoms with Crippen molar-refractivity contribution in [1.29, 1.82) is 0 Å². The van der Waals surface area contributed by atoms with Gasteiger partial charge in [0.25, 0.3) is 0 Å². The van der Waals surface area contributed by atoms with Crippen LogP contribution >= 0.6 is 0 Å². The number of aromatic hydroxyl groups is 1. The molecule has 0 aliphatic rings. The molecule has 0 unspecified atom stereocenters. The molecule has 7 heteroatoms. The van der Waals surface area contributed by atoms with Crippen molar-refractivity contribution in [3.63, 3.8) is 0 Å². The van der Waals surface area contributed by atoms with Crippen LogP contribution in [0, 0.1) is 6.92 Å². The quantitative estimate of drug-likeness (QED) is 0.427. The molecule has 0 amide bonds. The first kappa shape index (κ1) is 21.7. The van der Waals surface area contributed by atoms with E-state index < -0.39 is 11.7 Å². The first-order valence-corrected chi connectivity index (χ1v) is 10.1. The largest absolute Gasteiger partial charge is 0.494 e. The number of hydrogen-bond acceptors (Lipinski definition) is 3. The molecule has 2 aromatic carbocycles. The molecule has 0 fully saturated rings. The molecular formula is C23H26F3N3O. The Kier molecular flexibility index (Phi) is 6.39. The van der Waals surface area contributed by atoms with Gasteiger partial charge in [-0.2, -0.15) is 13.2 Å². The van der Waals surface area contributed by atoms with Crippen molar-refractivity contribution >= 4 is 28.5 Å². The monoisotopic (exact) mass is 417 g/mol. The molecule has 0 radical (unpaired) electrons. The van der Waals surface area contributed by atoms with E-state index in [1.54, 1.807) is 11.0 Å². The summed E-state index contributed by atoms with van der Waals surface area (Å²) in [7, 11) is 0. The lowest BCUT2D eigenvalue weighted by molar-refractivity contribution is -0.137. The van der Waals surface area contributed by atoms with E-state index in [0.717, 1.165) is 35.4 Å². The number of aromatic amines is 1. The van der Waals surface area contributed by atoms with Gasteiger partial charge in [-0.3, -0.25) is 4.99 Å². The number of aliphatic imine (C=N–C) groups is 1. The van der Waals surface area contributed by atoms with Crippen molar-refractivity contribution in [2.45, 2.75) is 39.8 Å². The highest BCUT2D eigenvalue weighted by Gasteiger charge is 2.35. The number of halogens is 3. The van der Waals surface area contributed by atoms with Crippen molar-refractivity contribution in [2.24, 2.45) is 4.99 Å². The minimum absolute atomic E-state index is 0.0622. The number of H-pyrrole nitrogens is 1. The molecule has 0 bridgehead atoms. The lowest BCUT2D eigenvalue weighted by Crippen LogP contribution is -2.27. The van der Waals surface area contributed by atoms with Gasteiger partial charge in [-0.15, -0.1) is 0 Å². The average molecular weight is 417 g/mol. The Morgan fingerprint density at radius 3 is 2.43 bits per heavy atom. The molecule has 4 nitrogen and oxygen atoms in total. The fraction of sp³-hybridized carbons (Fsp3) is 0.348. The normalized spacial score (nSPS) is 12.2. The molecule has 30 heavy (non-hydrogen) atoms. The molecule has 3 rings (SSSR count). The summed E-state index contributed by atoms with van der Waals surface area (Å²) in [6, 6.07) is 9.73. The van der Waals surface area contributed by atoms with E-state index in [9.17, 15) is 18.3 Å². The van der Waals surface area contributed by atoms with E-state index in [1.807, 2.05) is 39.0 Å². The van der Waals surface area contributed by atoms with E-state index in [0.29, 0.717) is 18.7 Å². The Labute approximate surface area is 174 Å². The molecule has 160 valence electrons. The van der Waals surface area contributed by atoms with Crippen LogP contribution in [0.2, 0.25) is 0 Å². The lowest BCUT2D eigenvalue weighted by atomic mass is 10.1. The van der Waals surface area contributed by atoms with Crippen molar-refractivity contribution in [3.8, 4) is 5.88 Å². The predicted octanol–water partition coefficient (Wildman–Crippen LogP) is 6.58. The van der Waals surface area contributed by atoms with Gasteiger partial charge < -0.3 is 15.0 Å². The molecule has 0 saturated carbocycles. The maximum Gasteiger partial charge on any atom is 0.418 e. The van der Waals surface area contributed by atoms with Gasteiger partial charge >= 0.3 is 6.18 Å². The molecule has 0 spiro atoms. The van der Waals surface area contributed by atoms with Crippen molar-refractivity contribution < 1.29 is 18.3 Å². The zero-order chi connectivity index (χ0) is 21.9. The summed E-state index contributed by atoms with van der Waals surface area (Å²) in [4.78, 5) is 8.88. The van der Waals surface area contributed by atoms with Crippen LogP contribution in [0.3, 0.4) is 0 Å². The Balaban J connectivity index is 2.03. The number of nitrogens with zero attached hydrogens (tertiary/aromatic N) is 2. The zero-order valence-corrected chi connectivity index (χ0v) is 17.3. The number of fused-ring (bicyclic) bond motifs is 1. The number of aromatic nitrogens is 1. The van der Waals surface area contributed by atoms with Crippen LogP contribution in [-0.2, 0) is 6.18 Å². The highest BCUT2D eigenvalue weighted by molar-refractivity contribution is 6.04. The highest BCUT2D eigenvalue weighted by Crippen LogP contribution is 2.39. The number of rotatable bonds is 7. The van der Waals surface area contributed by atoms with Crippen LogP contribution in [0.5, 0.6) is 5.88 Å². The Morgan fingerprint density at radius 1 is 1.10 bits per heavy atom. The van der Waals surface area contributed by atoms with Gasteiger partial charge in [-0.1, -0.05) is 26.0 Å². The molecule has 0 aliphatic carbocycles. The number of hydrogen-bond donors (Lipinski definition) is 2. The molecule has 0 saturated heterocycles. The standard InChI is InChI=1S/C23H26F3N3O/c1-4-11-29(12-5-2)20-10-9-16(13-18(20)23(24,25)26)27-14-17-21-15(3)7-6-8-19(21)28-22(17)30/h6-10,13-14,28,30H,4-5,11-12H2,1-3H3. The van der Waals surface area contributed by atoms with Crippen LogP contribution in [0.1, 0.15) is 43.4 Å². The smallest absolute Gasteiger partial charge is 0.418 e. The molecule has 3 aromatic rings. The second-order valence-corrected chi connectivity index (χ2v) is 7.33. The Bertz CT molecular complexity index is 1050. The van der Waals surface area contributed by atoms with Gasteiger partial charge in [-0.25, -0.2) is 0 Å². The first-order valence-electron chi connectivity index (χ1n) is 10.1. The SMILES string of the molecule is CCCN(CCC)c1ccc(N=Cc2c(O)[nH]c3cccc(C)c23)cc1C(F)(F)F. The molecule has 1 aromatic heterocycles.